The van der Waals surface area contributed by atoms with E-state index in [4.69, 9.17) is 0 Å². The Morgan fingerprint density at radius 1 is 1.17 bits per heavy atom. The van der Waals surface area contributed by atoms with Gasteiger partial charge in [0.1, 0.15) is 6.04 Å². The summed E-state index contributed by atoms with van der Waals surface area (Å²) in [6.45, 7) is 0. The second-order valence-corrected chi connectivity index (χ2v) is 8.15. The van der Waals surface area contributed by atoms with Crippen LogP contribution in [0.1, 0.15) is 12.8 Å². The molecule has 1 atom stereocenters. The fraction of sp³-hybridized carbons (Fsp3) is 0.200. The van der Waals surface area contributed by atoms with E-state index in [2.05, 4.69) is 21.2 Å². The van der Waals surface area contributed by atoms with Gasteiger partial charge in [0.15, 0.2) is 0 Å². The van der Waals surface area contributed by atoms with Gasteiger partial charge in [0.25, 0.3) is 10.0 Å². The van der Waals surface area contributed by atoms with Gasteiger partial charge < -0.3 is 0 Å². The molecule has 2 amide bonds. The first-order chi connectivity index (χ1) is 10.9. The highest BCUT2D eigenvalue weighted by atomic mass is 79.9. The first kappa shape index (κ1) is 14.6. The zero-order valence-corrected chi connectivity index (χ0v) is 14.1. The van der Waals surface area contributed by atoms with Gasteiger partial charge in [-0.15, -0.1) is 0 Å². The molecule has 0 spiro atoms. The summed E-state index contributed by atoms with van der Waals surface area (Å²) in [4.78, 5) is 23.7. The number of hydrogen-bond donors (Lipinski definition) is 1. The van der Waals surface area contributed by atoms with E-state index >= 15 is 0 Å². The maximum absolute atomic E-state index is 12.9. The Balaban J connectivity index is 1.97. The Labute approximate surface area is 140 Å². The normalized spacial score (nSPS) is 22.5. The van der Waals surface area contributed by atoms with Gasteiger partial charge in [-0.2, -0.15) is 0 Å². The number of carbonyl (C=O) groups is 2. The predicted octanol–water partition coefficient (Wildman–Crippen LogP) is 1.92. The maximum Gasteiger partial charge on any atom is 0.265 e. The van der Waals surface area contributed by atoms with E-state index in [1.165, 1.54) is 6.07 Å². The van der Waals surface area contributed by atoms with Crippen molar-refractivity contribution in [1.29, 1.82) is 0 Å². The van der Waals surface area contributed by atoms with Crippen LogP contribution in [0.3, 0.4) is 0 Å². The van der Waals surface area contributed by atoms with Crippen molar-refractivity contribution < 1.29 is 18.0 Å². The number of anilines is 1. The number of carbonyl (C=O) groups excluding carboxylic acids is 2. The molecule has 6 nitrogen and oxygen atoms in total. The van der Waals surface area contributed by atoms with Gasteiger partial charge >= 0.3 is 0 Å². The number of hydrogen-bond acceptors (Lipinski definition) is 4. The molecule has 0 aromatic heterocycles. The van der Waals surface area contributed by atoms with Crippen LogP contribution in [0.2, 0.25) is 0 Å². The zero-order chi connectivity index (χ0) is 16.4. The third-order valence-electron chi connectivity index (χ3n) is 4.19. The lowest BCUT2D eigenvalue weighted by Crippen LogP contribution is -2.53. The zero-order valence-electron chi connectivity index (χ0n) is 11.7. The molecule has 0 saturated carbocycles. The van der Waals surface area contributed by atoms with E-state index in [1.54, 1.807) is 18.2 Å². The summed E-state index contributed by atoms with van der Waals surface area (Å²) in [5.41, 5.74) is 0.480. The number of imide groups is 1. The molecular formula is C15H11BrN2O4S. The number of amides is 2. The molecule has 1 N–H and O–H groups in total. The molecule has 0 bridgehead atoms. The van der Waals surface area contributed by atoms with Crippen LogP contribution in [0.4, 0.5) is 5.69 Å². The molecule has 8 heteroatoms. The van der Waals surface area contributed by atoms with E-state index < -0.39 is 22.0 Å². The molecule has 1 fully saturated rings. The lowest BCUT2D eigenvalue weighted by molar-refractivity contribution is -0.133. The average Bonchev–Trinajstić information content (AvgIpc) is 2.72. The highest BCUT2D eigenvalue weighted by Gasteiger charge is 2.44. The van der Waals surface area contributed by atoms with E-state index in [0.717, 1.165) is 14.2 Å². The molecule has 1 unspecified atom stereocenters. The number of sulfonamides is 1. The van der Waals surface area contributed by atoms with E-state index in [1.807, 2.05) is 6.07 Å². The van der Waals surface area contributed by atoms with Crippen molar-refractivity contribution in [2.45, 2.75) is 23.8 Å². The lowest BCUT2D eigenvalue weighted by atomic mass is 10.0. The maximum atomic E-state index is 12.9. The van der Waals surface area contributed by atoms with E-state index in [-0.39, 0.29) is 23.6 Å². The van der Waals surface area contributed by atoms with Gasteiger partial charge in [0.05, 0.1) is 10.6 Å². The van der Waals surface area contributed by atoms with Crippen LogP contribution in [0.25, 0.3) is 10.8 Å². The van der Waals surface area contributed by atoms with Gasteiger partial charge in [-0.05, 0) is 30.0 Å². The van der Waals surface area contributed by atoms with Gasteiger partial charge in [-0.1, -0.05) is 28.1 Å². The molecule has 2 aliphatic heterocycles. The van der Waals surface area contributed by atoms with E-state index in [0.29, 0.717) is 11.1 Å². The van der Waals surface area contributed by atoms with Gasteiger partial charge in [-0.25, -0.2) is 8.42 Å². The average molecular weight is 395 g/mol. The number of nitrogens with one attached hydrogen (secondary N) is 1. The van der Waals surface area contributed by atoms with Crippen LogP contribution >= 0.6 is 15.9 Å². The fourth-order valence-corrected chi connectivity index (χ4v) is 5.53. The minimum atomic E-state index is -3.82. The summed E-state index contributed by atoms with van der Waals surface area (Å²) in [5.74, 6) is -0.949. The Kier molecular flexibility index (Phi) is 3.05. The molecule has 2 aromatic carbocycles. The summed E-state index contributed by atoms with van der Waals surface area (Å²) >= 11 is 3.43. The second-order valence-electron chi connectivity index (χ2n) is 5.51. The summed E-state index contributed by atoms with van der Waals surface area (Å²) in [6.07, 6.45) is 0.299. The quantitative estimate of drug-likeness (QED) is 0.748. The minimum absolute atomic E-state index is 0.123. The molecule has 23 heavy (non-hydrogen) atoms. The third kappa shape index (κ3) is 1.94. The fourth-order valence-electron chi connectivity index (χ4n) is 3.20. The van der Waals surface area contributed by atoms with Gasteiger partial charge in [0, 0.05) is 16.3 Å². The van der Waals surface area contributed by atoms with Crippen LogP contribution in [0.5, 0.6) is 0 Å². The number of piperidine rings is 1. The Morgan fingerprint density at radius 3 is 2.70 bits per heavy atom. The molecule has 2 heterocycles. The molecule has 1 saturated heterocycles. The van der Waals surface area contributed by atoms with Crippen molar-refractivity contribution in [3.8, 4) is 0 Å². The number of rotatable bonds is 1. The molecule has 4 rings (SSSR count). The standard InChI is InChI=1S/C15H11BrN2O4S/c16-9-4-6-12-14-8(9)2-1-3-10(14)18(23(12,21)22)11-5-7-13(19)17-15(11)20/h1-4,6,11H,5,7H2,(H,17,19,20). The van der Waals surface area contributed by atoms with Crippen LogP contribution in [0.15, 0.2) is 39.7 Å². The summed E-state index contributed by atoms with van der Waals surface area (Å²) < 4.78 is 27.8. The molecule has 2 aromatic rings. The van der Waals surface area contributed by atoms with E-state index in [9.17, 15) is 18.0 Å². The largest absolute Gasteiger partial charge is 0.295 e. The lowest BCUT2D eigenvalue weighted by Gasteiger charge is -2.30. The van der Waals surface area contributed by atoms with Crippen molar-refractivity contribution in [1.82, 2.24) is 5.32 Å². The number of nitrogens with zero attached hydrogens (tertiary/aromatic N) is 1. The summed E-state index contributed by atoms with van der Waals surface area (Å²) in [5, 5.41) is 3.60. The summed E-state index contributed by atoms with van der Waals surface area (Å²) in [6, 6.07) is 7.59. The molecule has 0 aliphatic carbocycles. The topological polar surface area (TPSA) is 83.6 Å². The Bertz CT molecular complexity index is 986. The Hall–Kier alpha value is -1.93. The van der Waals surface area contributed by atoms with Crippen molar-refractivity contribution >= 4 is 54.2 Å². The van der Waals surface area contributed by atoms with Crippen LogP contribution in [-0.4, -0.2) is 26.3 Å². The SMILES string of the molecule is O=C1CCC(N2c3cccc4c(Br)ccc(c34)S2(=O)=O)C(=O)N1. The van der Waals surface area contributed by atoms with Crippen LogP contribution in [0, 0.1) is 0 Å². The minimum Gasteiger partial charge on any atom is -0.295 e. The first-order valence-corrected chi connectivity index (χ1v) is 9.24. The third-order valence-corrected chi connectivity index (χ3v) is 6.75. The highest BCUT2D eigenvalue weighted by Crippen LogP contribution is 2.45. The monoisotopic (exact) mass is 394 g/mol. The molecule has 0 radical (unpaired) electrons. The molecule has 2 aliphatic rings. The van der Waals surface area contributed by atoms with Crippen molar-refractivity contribution in [2.24, 2.45) is 0 Å². The van der Waals surface area contributed by atoms with Crippen LogP contribution in [-0.2, 0) is 19.6 Å². The van der Waals surface area contributed by atoms with Crippen LogP contribution < -0.4 is 9.62 Å². The van der Waals surface area contributed by atoms with Crippen molar-refractivity contribution in [3.05, 3.63) is 34.8 Å². The highest BCUT2D eigenvalue weighted by molar-refractivity contribution is 9.10. The smallest absolute Gasteiger partial charge is 0.265 e. The van der Waals surface area contributed by atoms with Gasteiger partial charge in [0.2, 0.25) is 11.8 Å². The summed E-state index contributed by atoms with van der Waals surface area (Å²) in [7, 11) is -3.82. The van der Waals surface area contributed by atoms with Crippen molar-refractivity contribution in [2.75, 3.05) is 4.31 Å². The molecule has 118 valence electrons. The number of benzene rings is 2. The predicted molar refractivity (Wildman–Crippen MR) is 87.5 cm³/mol. The Morgan fingerprint density at radius 2 is 1.96 bits per heavy atom. The number of halogens is 1. The molecular weight excluding hydrogens is 384 g/mol. The second kappa shape index (κ2) is 4.78. The van der Waals surface area contributed by atoms with Crippen molar-refractivity contribution in [3.63, 3.8) is 0 Å². The first-order valence-electron chi connectivity index (χ1n) is 7.00. The van der Waals surface area contributed by atoms with Gasteiger partial charge in [-0.3, -0.25) is 19.2 Å².